The zero-order valence-electron chi connectivity index (χ0n) is 16.4. The number of hydrogen-bond acceptors (Lipinski definition) is 7. The molecule has 8 nitrogen and oxygen atoms in total. The van der Waals surface area contributed by atoms with Crippen molar-refractivity contribution in [2.75, 3.05) is 20.3 Å². The van der Waals surface area contributed by atoms with E-state index in [9.17, 15) is 14.4 Å². The number of carbonyl (C=O) groups is 3. The molecule has 4 rings (SSSR count). The number of nitrogens with zero attached hydrogens (tertiary/aromatic N) is 1. The van der Waals surface area contributed by atoms with Crippen LogP contribution in [0.25, 0.3) is 0 Å². The number of amides is 1. The fourth-order valence-corrected chi connectivity index (χ4v) is 3.58. The summed E-state index contributed by atoms with van der Waals surface area (Å²) in [7, 11) is 1.28. The van der Waals surface area contributed by atoms with Crippen molar-refractivity contribution in [2.45, 2.75) is 25.1 Å². The lowest BCUT2D eigenvalue weighted by Crippen LogP contribution is -2.50. The molecule has 0 aromatic heterocycles. The predicted octanol–water partition coefficient (Wildman–Crippen LogP) is 1.50. The third-order valence-corrected chi connectivity index (χ3v) is 5.15. The van der Waals surface area contributed by atoms with Gasteiger partial charge in [0.25, 0.3) is 5.91 Å². The highest BCUT2D eigenvalue weighted by Gasteiger charge is 2.36. The SMILES string of the molecule is COC(=O)[C@@H]1Cc2ccccc2CN1C(=O)COC(=O)[C@H]1COc2ccccc2O1. The van der Waals surface area contributed by atoms with E-state index in [-0.39, 0.29) is 13.2 Å². The summed E-state index contributed by atoms with van der Waals surface area (Å²) in [5, 5.41) is 0. The normalized spacial score (nSPS) is 19.4. The minimum atomic E-state index is -0.966. The molecule has 1 amide bonds. The Morgan fingerprint density at radius 3 is 2.47 bits per heavy atom. The zero-order chi connectivity index (χ0) is 21.1. The third-order valence-electron chi connectivity index (χ3n) is 5.15. The van der Waals surface area contributed by atoms with E-state index in [0.29, 0.717) is 17.9 Å². The summed E-state index contributed by atoms with van der Waals surface area (Å²) in [6.07, 6.45) is -0.620. The average molecular weight is 411 g/mol. The maximum Gasteiger partial charge on any atom is 0.351 e. The molecule has 0 saturated carbocycles. The number of hydrogen-bond donors (Lipinski definition) is 0. The van der Waals surface area contributed by atoms with E-state index in [1.54, 1.807) is 24.3 Å². The fraction of sp³-hybridized carbons (Fsp3) is 0.318. The van der Waals surface area contributed by atoms with Gasteiger partial charge in [-0.1, -0.05) is 36.4 Å². The quantitative estimate of drug-likeness (QED) is 0.704. The Morgan fingerprint density at radius 2 is 1.70 bits per heavy atom. The minimum absolute atomic E-state index is 0.00802. The second-order valence-electron chi connectivity index (χ2n) is 7.01. The van der Waals surface area contributed by atoms with E-state index in [2.05, 4.69) is 0 Å². The summed E-state index contributed by atoms with van der Waals surface area (Å²) in [6, 6.07) is 13.8. The number of rotatable bonds is 4. The molecule has 0 N–H and O–H groups in total. The zero-order valence-corrected chi connectivity index (χ0v) is 16.4. The summed E-state index contributed by atoms with van der Waals surface area (Å²) in [4.78, 5) is 38.8. The Labute approximate surface area is 173 Å². The number of fused-ring (bicyclic) bond motifs is 2. The Bertz CT molecular complexity index is 973. The molecule has 30 heavy (non-hydrogen) atoms. The molecule has 0 spiro atoms. The second-order valence-corrected chi connectivity index (χ2v) is 7.01. The Hall–Kier alpha value is -3.55. The van der Waals surface area contributed by atoms with Gasteiger partial charge in [0.05, 0.1) is 7.11 Å². The highest BCUT2D eigenvalue weighted by Crippen LogP contribution is 2.31. The molecule has 0 bridgehead atoms. The van der Waals surface area contributed by atoms with Gasteiger partial charge in [0.15, 0.2) is 18.1 Å². The molecule has 2 aromatic rings. The molecular weight excluding hydrogens is 390 g/mol. The van der Waals surface area contributed by atoms with Crippen LogP contribution in [0, 0.1) is 0 Å². The van der Waals surface area contributed by atoms with Crippen molar-refractivity contribution in [2.24, 2.45) is 0 Å². The molecule has 0 unspecified atom stereocenters. The number of benzene rings is 2. The molecule has 2 atom stereocenters. The van der Waals surface area contributed by atoms with Crippen LogP contribution in [-0.2, 0) is 36.8 Å². The smallest absolute Gasteiger partial charge is 0.351 e. The van der Waals surface area contributed by atoms with Crippen LogP contribution in [0.2, 0.25) is 0 Å². The summed E-state index contributed by atoms with van der Waals surface area (Å²) in [6.45, 7) is -0.273. The highest BCUT2D eigenvalue weighted by molar-refractivity contribution is 5.87. The topological polar surface area (TPSA) is 91.4 Å². The van der Waals surface area contributed by atoms with Gasteiger partial charge in [-0.15, -0.1) is 0 Å². The van der Waals surface area contributed by atoms with Crippen molar-refractivity contribution in [3.8, 4) is 11.5 Å². The van der Waals surface area contributed by atoms with E-state index in [1.807, 2.05) is 24.3 Å². The van der Waals surface area contributed by atoms with Crippen LogP contribution in [0.5, 0.6) is 11.5 Å². The van der Waals surface area contributed by atoms with E-state index in [1.165, 1.54) is 12.0 Å². The van der Waals surface area contributed by atoms with Gasteiger partial charge >= 0.3 is 11.9 Å². The van der Waals surface area contributed by atoms with Crippen LogP contribution < -0.4 is 9.47 Å². The van der Waals surface area contributed by atoms with Crippen LogP contribution >= 0.6 is 0 Å². The van der Waals surface area contributed by atoms with Crippen molar-refractivity contribution >= 4 is 17.8 Å². The Balaban J connectivity index is 1.40. The number of carbonyl (C=O) groups excluding carboxylic acids is 3. The van der Waals surface area contributed by atoms with E-state index in [4.69, 9.17) is 18.9 Å². The first kappa shape index (κ1) is 19.8. The maximum atomic E-state index is 12.8. The van der Waals surface area contributed by atoms with E-state index >= 15 is 0 Å². The van der Waals surface area contributed by atoms with Gasteiger partial charge < -0.3 is 23.8 Å². The fourth-order valence-electron chi connectivity index (χ4n) is 3.58. The van der Waals surface area contributed by atoms with Crippen LogP contribution in [0.4, 0.5) is 0 Å². The largest absolute Gasteiger partial charge is 0.485 e. The van der Waals surface area contributed by atoms with E-state index in [0.717, 1.165) is 11.1 Å². The molecular formula is C22H21NO7. The molecule has 2 aromatic carbocycles. The monoisotopic (exact) mass is 411 g/mol. The number of ether oxygens (including phenoxy) is 4. The molecule has 0 aliphatic carbocycles. The number of methoxy groups -OCH3 is 1. The molecule has 2 aliphatic rings. The first-order valence-electron chi connectivity index (χ1n) is 9.56. The van der Waals surface area contributed by atoms with Gasteiger partial charge in [0.1, 0.15) is 12.6 Å². The van der Waals surface area contributed by atoms with Gasteiger partial charge in [-0.25, -0.2) is 9.59 Å². The van der Waals surface area contributed by atoms with Crippen LogP contribution in [0.1, 0.15) is 11.1 Å². The van der Waals surface area contributed by atoms with Crippen LogP contribution in [0.15, 0.2) is 48.5 Å². The lowest BCUT2D eigenvalue weighted by Gasteiger charge is -2.35. The summed E-state index contributed by atoms with van der Waals surface area (Å²) < 4.78 is 21.1. The maximum absolute atomic E-state index is 12.8. The van der Waals surface area contributed by atoms with Crippen molar-refractivity contribution < 1.29 is 33.3 Å². The minimum Gasteiger partial charge on any atom is -0.485 e. The van der Waals surface area contributed by atoms with Crippen LogP contribution in [0.3, 0.4) is 0 Å². The first-order valence-corrected chi connectivity index (χ1v) is 9.56. The van der Waals surface area contributed by atoms with Gasteiger partial charge in [-0.3, -0.25) is 4.79 Å². The summed E-state index contributed by atoms with van der Waals surface area (Å²) in [5.41, 5.74) is 1.93. The highest BCUT2D eigenvalue weighted by atomic mass is 16.6. The molecule has 2 heterocycles. The third kappa shape index (κ3) is 3.94. The van der Waals surface area contributed by atoms with Crippen molar-refractivity contribution in [1.29, 1.82) is 0 Å². The number of esters is 2. The van der Waals surface area contributed by atoms with Gasteiger partial charge in [0.2, 0.25) is 6.10 Å². The van der Waals surface area contributed by atoms with Gasteiger partial charge in [-0.2, -0.15) is 0 Å². The van der Waals surface area contributed by atoms with Gasteiger partial charge in [0, 0.05) is 13.0 Å². The van der Waals surface area contributed by atoms with Crippen molar-refractivity contribution in [3.05, 3.63) is 59.7 Å². The standard InChI is InChI=1S/C22H21NO7/c1-27-21(25)16-10-14-6-2-3-7-15(14)11-23(16)20(24)13-29-22(26)19-12-28-17-8-4-5-9-18(17)30-19/h2-9,16,19H,10-13H2,1H3/t16-,19+/m0/s1. The lowest BCUT2D eigenvalue weighted by molar-refractivity contribution is -0.163. The molecule has 0 saturated heterocycles. The molecule has 8 heteroatoms. The molecule has 0 radical (unpaired) electrons. The second kappa shape index (κ2) is 8.44. The summed E-state index contributed by atoms with van der Waals surface area (Å²) in [5.74, 6) is -0.707. The van der Waals surface area contributed by atoms with Crippen molar-refractivity contribution in [3.63, 3.8) is 0 Å². The first-order chi connectivity index (χ1) is 14.6. The van der Waals surface area contributed by atoms with Crippen molar-refractivity contribution in [1.82, 2.24) is 4.90 Å². The Kier molecular flexibility index (Phi) is 5.56. The predicted molar refractivity (Wildman–Crippen MR) is 104 cm³/mol. The Morgan fingerprint density at radius 1 is 1.00 bits per heavy atom. The number of para-hydroxylation sites is 2. The average Bonchev–Trinajstić information content (AvgIpc) is 2.80. The molecule has 156 valence electrons. The molecule has 2 aliphatic heterocycles. The summed E-state index contributed by atoms with van der Waals surface area (Å²) >= 11 is 0. The van der Waals surface area contributed by atoms with Gasteiger partial charge in [-0.05, 0) is 23.3 Å². The van der Waals surface area contributed by atoms with Crippen LogP contribution in [-0.4, -0.2) is 55.2 Å². The van der Waals surface area contributed by atoms with E-state index < -0.39 is 36.6 Å². The molecule has 0 fully saturated rings. The lowest BCUT2D eigenvalue weighted by atomic mass is 9.94.